The minimum Gasteiger partial charge on any atom is -0.496 e. The Labute approximate surface area is 166 Å². The number of carbonyl (C=O) groups is 1. The summed E-state index contributed by atoms with van der Waals surface area (Å²) in [4.78, 5) is 33.5. The second-order valence-corrected chi connectivity index (χ2v) is 7.42. The predicted molar refractivity (Wildman–Crippen MR) is 107 cm³/mol. The quantitative estimate of drug-likeness (QED) is 0.608. The summed E-state index contributed by atoms with van der Waals surface area (Å²) >= 11 is 1.45. The van der Waals surface area contributed by atoms with Gasteiger partial charge in [-0.3, -0.25) is 4.79 Å². The van der Waals surface area contributed by atoms with Gasteiger partial charge in [-0.1, -0.05) is 0 Å². The van der Waals surface area contributed by atoms with Crippen LogP contribution in [0.4, 0.5) is 0 Å². The van der Waals surface area contributed by atoms with Crippen molar-refractivity contribution in [2.45, 2.75) is 34.0 Å². The van der Waals surface area contributed by atoms with Gasteiger partial charge in [-0.25, -0.2) is 9.78 Å². The molecule has 0 spiro atoms. The number of esters is 1. The summed E-state index contributed by atoms with van der Waals surface area (Å²) in [6.45, 7) is 6.52. The first-order valence-electron chi connectivity index (χ1n) is 8.85. The minimum absolute atomic E-state index is 0.118. The molecule has 0 aliphatic rings. The first-order chi connectivity index (χ1) is 13.4. The van der Waals surface area contributed by atoms with Gasteiger partial charge in [0.15, 0.2) is 0 Å². The van der Waals surface area contributed by atoms with Crippen LogP contribution in [0.2, 0.25) is 0 Å². The largest absolute Gasteiger partial charge is 0.496 e. The standard InChI is InChI=1S/C20H22N2O5S/c1-5-26-9-14-8-13(6-7-15(14)25-4)20(24)27-10-16-21-18(23)17-11(2)12(3)28-19(17)22-16/h6-8H,5,9-10H2,1-4H3,(H,21,22,23). The molecular formula is C20H22N2O5S. The highest BCUT2D eigenvalue weighted by Crippen LogP contribution is 2.26. The molecule has 3 rings (SSSR count). The van der Waals surface area contributed by atoms with Crippen LogP contribution in [0.15, 0.2) is 23.0 Å². The van der Waals surface area contributed by atoms with E-state index in [9.17, 15) is 9.59 Å². The Bertz CT molecular complexity index is 1070. The Morgan fingerprint density at radius 1 is 1.25 bits per heavy atom. The SMILES string of the molecule is CCOCc1cc(C(=O)OCc2nc3sc(C)c(C)c3c(=O)[nH]2)ccc1OC. The van der Waals surface area contributed by atoms with Crippen molar-refractivity contribution in [1.29, 1.82) is 0 Å². The molecule has 0 unspecified atom stereocenters. The number of fused-ring (bicyclic) bond motifs is 1. The Morgan fingerprint density at radius 3 is 2.75 bits per heavy atom. The van der Waals surface area contributed by atoms with Crippen molar-refractivity contribution < 1.29 is 19.0 Å². The number of hydrogen-bond donors (Lipinski definition) is 1. The molecule has 0 saturated carbocycles. The van der Waals surface area contributed by atoms with E-state index >= 15 is 0 Å². The van der Waals surface area contributed by atoms with Crippen molar-refractivity contribution in [3.05, 3.63) is 55.9 Å². The fourth-order valence-corrected chi connectivity index (χ4v) is 3.86. The molecule has 0 bridgehead atoms. The average Bonchev–Trinajstić information content (AvgIpc) is 2.98. The molecule has 0 fully saturated rings. The fourth-order valence-electron chi connectivity index (χ4n) is 2.82. The number of methoxy groups -OCH3 is 1. The molecule has 148 valence electrons. The second kappa shape index (κ2) is 8.53. The third-order valence-electron chi connectivity index (χ3n) is 4.41. The summed E-state index contributed by atoms with van der Waals surface area (Å²) in [5, 5.41) is 0.591. The molecule has 2 aromatic heterocycles. The van der Waals surface area contributed by atoms with E-state index in [0.29, 0.717) is 40.6 Å². The van der Waals surface area contributed by atoms with Crippen LogP contribution in [-0.2, 0) is 22.7 Å². The van der Waals surface area contributed by atoms with E-state index in [1.54, 1.807) is 25.3 Å². The van der Waals surface area contributed by atoms with E-state index in [1.165, 1.54) is 11.3 Å². The Balaban J connectivity index is 1.77. The van der Waals surface area contributed by atoms with Gasteiger partial charge < -0.3 is 19.2 Å². The van der Waals surface area contributed by atoms with Gasteiger partial charge in [-0.05, 0) is 44.5 Å². The van der Waals surface area contributed by atoms with Crippen LogP contribution in [-0.4, -0.2) is 29.7 Å². The molecule has 0 amide bonds. The number of rotatable bonds is 7. The van der Waals surface area contributed by atoms with Gasteiger partial charge in [0.25, 0.3) is 5.56 Å². The zero-order chi connectivity index (χ0) is 20.3. The van der Waals surface area contributed by atoms with Crippen LogP contribution in [0.25, 0.3) is 10.2 Å². The van der Waals surface area contributed by atoms with E-state index in [-0.39, 0.29) is 12.2 Å². The molecule has 2 heterocycles. The third kappa shape index (κ3) is 4.07. The van der Waals surface area contributed by atoms with Crippen molar-refractivity contribution in [2.24, 2.45) is 0 Å². The van der Waals surface area contributed by atoms with E-state index in [0.717, 1.165) is 16.0 Å². The number of thiophene rings is 1. The van der Waals surface area contributed by atoms with Crippen molar-refractivity contribution in [3.63, 3.8) is 0 Å². The van der Waals surface area contributed by atoms with Crippen LogP contribution in [0.3, 0.4) is 0 Å². The van der Waals surface area contributed by atoms with Crippen molar-refractivity contribution in [3.8, 4) is 5.75 Å². The first-order valence-corrected chi connectivity index (χ1v) is 9.66. The lowest BCUT2D eigenvalue weighted by Crippen LogP contribution is -2.14. The maximum absolute atomic E-state index is 12.4. The minimum atomic E-state index is -0.512. The molecule has 0 atom stereocenters. The zero-order valence-corrected chi connectivity index (χ0v) is 17.1. The van der Waals surface area contributed by atoms with E-state index < -0.39 is 5.97 Å². The molecule has 3 aromatic rings. The monoisotopic (exact) mass is 402 g/mol. The van der Waals surface area contributed by atoms with E-state index in [1.807, 2.05) is 20.8 Å². The van der Waals surface area contributed by atoms with Crippen LogP contribution in [0.1, 0.15) is 39.1 Å². The van der Waals surface area contributed by atoms with Crippen molar-refractivity contribution >= 4 is 27.5 Å². The van der Waals surface area contributed by atoms with Gasteiger partial charge >= 0.3 is 5.97 Å². The number of aromatic amines is 1. The number of H-pyrrole nitrogens is 1. The highest BCUT2D eigenvalue weighted by molar-refractivity contribution is 7.18. The van der Waals surface area contributed by atoms with Gasteiger partial charge in [0.1, 0.15) is 23.0 Å². The molecule has 1 N–H and O–H groups in total. The Kier molecular flexibility index (Phi) is 6.11. The number of benzene rings is 1. The topological polar surface area (TPSA) is 90.5 Å². The average molecular weight is 402 g/mol. The van der Waals surface area contributed by atoms with E-state index in [4.69, 9.17) is 14.2 Å². The first kappa shape index (κ1) is 20.0. The second-order valence-electron chi connectivity index (χ2n) is 6.22. The molecule has 8 heteroatoms. The summed E-state index contributed by atoms with van der Waals surface area (Å²) in [5.74, 6) is 0.446. The number of aryl methyl sites for hydroxylation is 2. The van der Waals surface area contributed by atoms with Crippen LogP contribution in [0.5, 0.6) is 5.75 Å². The Morgan fingerprint density at radius 2 is 2.04 bits per heavy atom. The smallest absolute Gasteiger partial charge is 0.338 e. The molecule has 7 nitrogen and oxygen atoms in total. The van der Waals surface area contributed by atoms with Gasteiger partial charge in [0.05, 0.1) is 24.7 Å². The van der Waals surface area contributed by atoms with Crippen molar-refractivity contribution in [2.75, 3.05) is 13.7 Å². The Hall–Kier alpha value is -2.71. The van der Waals surface area contributed by atoms with Gasteiger partial charge in [0.2, 0.25) is 0 Å². The lowest BCUT2D eigenvalue weighted by molar-refractivity contribution is 0.0462. The number of nitrogens with one attached hydrogen (secondary N) is 1. The molecule has 0 radical (unpaired) electrons. The number of aromatic nitrogens is 2. The third-order valence-corrected chi connectivity index (χ3v) is 5.51. The highest BCUT2D eigenvalue weighted by atomic mass is 32.1. The van der Waals surface area contributed by atoms with Crippen LogP contribution < -0.4 is 10.3 Å². The lowest BCUT2D eigenvalue weighted by Gasteiger charge is -2.11. The van der Waals surface area contributed by atoms with Crippen molar-refractivity contribution in [1.82, 2.24) is 9.97 Å². The number of ether oxygens (including phenoxy) is 3. The maximum Gasteiger partial charge on any atom is 0.338 e. The normalized spacial score (nSPS) is 11.0. The number of hydrogen-bond acceptors (Lipinski definition) is 7. The summed E-state index contributed by atoms with van der Waals surface area (Å²) in [6, 6.07) is 5.01. The molecule has 1 aromatic carbocycles. The molecule has 0 aliphatic carbocycles. The molecular weight excluding hydrogens is 380 g/mol. The fraction of sp³-hybridized carbons (Fsp3) is 0.350. The van der Waals surface area contributed by atoms with Gasteiger partial charge in [0, 0.05) is 17.0 Å². The molecule has 0 aliphatic heterocycles. The summed E-state index contributed by atoms with van der Waals surface area (Å²) in [7, 11) is 1.56. The van der Waals surface area contributed by atoms with Gasteiger partial charge in [-0.15, -0.1) is 11.3 Å². The van der Waals surface area contributed by atoms with E-state index in [2.05, 4.69) is 9.97 Å². The van der Waals surface area contributed by atoms with Gasteiger partial charge in [-0.2, -0.15) is 0 Å². The predicted octanol–water partition coefficient (Wildman–Crippen LogP) is 3.50. The number of nitrogens with zero attached hydrogens (tertiary/aromatic N) is 1. The highest BCUT2D eigenvalue weighted by Gasteiger charge is 2.15. The van der Waals surface area contributed by atoms with Crippen LogP contribution in [0, 0.1) is 13.8 Å². The lowest BCUT2D eigenvalue weighted by atomic mass is 10.1. The summed E-state index contributed by atoms with van der Waals surface area (Å²) in [5.41, 5.74) is 1.84. The summed E-state index contributed by atoms with van der Waals surface area (Å²) in [6.07, 6.45) is 0. The molecule has 0 saturated heterocycles. The zero-order valence-electron chi connectivity index (χ0n) is 16.3. The maximum atomic E-state index is 12.4. The van der Waals surface area contributed by atoms with Crippen LogP contribution >= 0.6 is 11.3 Å². The number of carbonyl (C=O) groups excluding carboxylic acids is 1. The summed E-state index contributed by atoms with van der Waals surface area (Å²) < 4.78 is 16.0. The molecule has 28 heavy (non-hydrogen) atoms.